The second-order valence-electron chi connectivity index (χ2n) is 4.86. The first-order valence-corrected chi connectivity index (χ1v) is 6.01. The Labute approximate surface area is 108 Å². The highest BCUT2D eigenvalue weighted by atomic mass is 16.5. The van der Waals surface area contributed by atoms with Crippen LogP contribution in [0.15, 0.2) is 36.4 Å². The van der Waals surface area contributed by atoms with E-state index in [9.17, 15) is 4.79 Å². The molecule has 0 heterocycles. The molecule has 0 amide bonds. The van der Waals surface area contributed by atoms with Crippen LogP contribution in [0.5, 0.6) is 11.5 Å². The number of carbonyl (C=O) groups is 1. The zero-order valence-electron chi connectivity index (χ0n) is 11.4. The van der Waals surface area contributed by atoms with E-state index in [0.717, 1.165) is 12.2 Å². The molecule has 0 unspecified atom stereocenters. The molecule has 0 bridgehead atoms. The third-order valence-corrected chi connectivity index (χ3v) is 2.63. The largest absolute Gasteiger partial charge is 0.488 e. The molecule has 1 rings (SSSR count). The SMILES string of the molecule is C=C(C)C(=O)Oc1ccc(OC(C)(C)CC)cc1. The molecule has 98 valence electrons. The van der Waals surface area contributed by atoms with E-state index in [1.165, 1.54) is 0 Å². The lowest BCUT2D eigenvalue weighted by Gasteiger charge is -2.24. The number of ether oxygens (including phenoxy) is 2. The Hall–Kier alpha value is -1.77. The molecule has 0 aromatic heterocycles. The molecule has 0 aliphatic rings. The number of esters is 1. The van der Waals surface area contributed by atoms with Crippen LogP contribution in [0.2, 0.25) is 0 Å². The Morgan fingerprint density at radius 3 is 2.17 bits per heavy atom. The van der Waals surface area contributed by atoms with Gasteiger partial charge in [0.25, 0.3) is 0 Å². The summed E-state index contributed by atoms with van der Waals surface area (Å²) in [5, 5.41) is 0. The van der Waals surface area contributed by atoms with Crippen LogP contribution in [0.4, 0.5) is 0 Å². The summed E-state index contributed by atoms with van der Waals surface area (Å²) in [5.41, 5.74) is 0.179. The second kappa shape index (κ2) is 5.71. The molecule has 3 heteroatoms. The second-order valence-corrected chi connectivity index (χ2v) is 4.86. The van der Waals surface area contributed by atoms with Gasteiger partial charge in [0, 0.05) is 5.57 Å². The van der Waals surface area contributed by atoms with E-state index in [1.54, 1.807) is 31.2 Å². The van der Waals surface area contributed by atoms with Gasteiger partial charge in [0.05, 0.1) is 0 Å². The summed E-state index contributed by atoms with van der Waals surface area (Å²) in [6.07, 6.45) is 0.916. The summed E-state index contributed by atoms with van der Waals surface area (Å²) in [6, 6.07) is 7.00. The first kappa shape index (κ1) is 14.3. The number of benzene rings is 1. The highest BCUT2D eigenvalue weighted by Gasteiger charge is 2.16. The van der Waals surface area contributed by atoms with Crippen molar-refractivity contribution in [2.45, 2.75) is 39.7 Å². The number of hydrogen-bond acceptors (Lipinski definition) is 3. The molecule has 0 spiro atoms. The first-order chi connectivity index (χ1) is 8.34. The predicted octanol–water partition coefficient (Wildman–Crippen LogP) is 3.74. The average Bonchev–Trinajstić information content (AvgIpc) is 2.31. The minimum atomic E-state index is -0.419. The van der Waals surface area contributed by atoms with E-state index >= 15 is 0 Å². The van der Waals surface area contributed by atoms with Crippen LogP contribution < -0.4 is 9.47 Å². The van der Waals surface area contributed by atoms with Gasteiger partial charge in [-0.05, 0) is 51.5 Å². The molecule has 0 saturated heterocycles. The van der Waals surface area contributed by atoms with Crippen molar-refractivity contribution in [3.63, 3.8) is 0 Å². The van der Waals surface area contributed by atoms with Crippen LogP contribution in [-0.4, -0.2) is 11.6 Å². The Balaban J connectivity index is 2.69. The monoisotopic (exact) mass is 248 g/mol. The van der Waals surface area contributed by atoms with Crippen LogP contribution in [-0.2, 0) is 4.79 Å². The van der Waals surface area contributed by atoms with E-state index in [4.69, 9.17) is 9.47 Å². The molecule has 1 aromatic carbocycles. The van der Waals surface area contributed by atoms with Crippen LogP contribution >= 0.6 is 0 Å². The molecule has 0 radical (unpaired) electrons. The lowest BCUT2D eigenvalue weighted by atomic mass is 10.1. The predicted molar refractivity (Wildman–Crippen MR) is 71.9 cm³/mol. The van der Waals surface area contributed by atoms with Gasteiger partial charge in [0.2, 0.25) is 0 Å². The summed E-state index contributed by atoms with van der Waals surface area (Å²) in [5.74, 6) is 0.833. The lowest BCUT2D eigenvalue weighted by Crippen LogP contribution is -2.26. The third-order valence-electron chi connectivity index (χ3n) is 2.63. The quantitative estimate of drug-likeness (QED) is 0.452. The molecule has 0 atom stereocenters. The first-order valence-electron chi connectivity index (χ1n) is 6.01. The summed E-state index contributed by atoms with van der Waals surface area (Å²) in [6.45, 7) is 11.3. The fourth-order valence-corrected chi connectivity index (χ4v) is 1.16. The molecule has 1 aromatic rings. The maximum Gasteiger partial charge on any atom is 0.338 e. The van der Waals surface area contributed by atoms with Gasteiger partial charge in [-0.1, -0.05) is 13.5 Å². The molecule has 18 heavy (non-hydrogen) atoms. The Morgan fingerprint density at radius 2 is 1.72 bits per heavy atom. The third kappa shape index (κ3) is 4.24. The van der Waals surface area contributed by atoms with Gasteiger partial charge < -0.3 is 9.47 Å². The number of hydrogen-bond donors (Lipinski definition) is 0. The molecule has 3 nitrogen and oxygen atoms in total. The summed E-state index contributed by atoms with van der Waals surface area (Å²) < 4.78 is 10.9. The molecule has 0 fully saturated rings. The Morgan fingerprint density at radius 1 is 1.22 bits per heavy atom. The molecule has 0 saturated carbocycles. The van der Waals surface area contributed by atoms with Crippen molar-refractivity contribution in [1.29, 1.82) is 0 Å². The maximum absolute atomic E-state index is 11.3. The molecule has 0 N–H and O–H groups in total. The van der Waals surface area contributed by atoms with Gasteiger partial charge in [-0.3, -0.25) is 0 Å². The standard InChI is InChI=1S/C15H20O3/c1-6-15(4,5)18-13-9-7-12(8-10-13)17-14(16)11(2)3/h7-10H,2,6H2,1,3-5H3. The van der Waals surface area contributed by atoms with Crippen molar-refractivity contribution in [3.8, 4) is 11.5 Å². The summed E-state index contributed by atoms with van der Waals surface area (Å²) in [4.78, 5) is 11.3. The highest BCUT2D eigenvalue weighted by Crippen LogP contribution is 2.23. The molecule has 0 aliphatic heterocycles. The normalized spacial score (nSPS) is 10.9. The summed E-state index contributed by atoms with van der Waals surface area (Å²) >= 11 is 0. The van der Waals surface area contributed by atoms with Gasteiger partial charge in [0.15, 0.2) is 0 Å². The fourth-order valence-electron chi connectivity index (χ4n) is 1.16. The molecule has 0 aliphatic carbocycles. The van der Waals surface area contributed by atoms with Gasteiger partial charge in [-0.15, -0.1) is 0 Å². The number of rotatable bonds is 5. The van der Waals surface area contributed by atoms with Crippen molar-refractivity contribution >= 4 is 5.97 Å². The van der Waals surface area contributed by atoms with E-state index < -0.39 is 5.97 Å². The average molecular weight is 248 g/mol. The topological polar surface area (TPSA) is 35.5 Å². The highest BCUT2D eigenvalue weighted by molar-refractivity contribution is 5.88. The van der Waals surface area contributed by atoms with Crippen LogP contribution in [0.3, 0.4) is 0 Å². The fraction of sp³-hybridized carbons (Fsp3) is 0.400. The van der Waals surface area contributed by atoms with E-state index in [0.29, 0.717) is 11.3 Å². The van der Waals surface area contributed by atoms with Crippen molar-refractivity contribution in [2.75, 3.05) is 0 Å². The van der Waals surface area contributed by atoms with Crippen LogP contribution in [0.25, 0.3) is 0 Å². The van der Waals surface area contributed by atoms with Crippen LogP contribution in [0, 0.1) is 0 Å². The Bertz CT molecular complexity index is 430. The van der Waals surface area contributed by atoms with E-state index in [-0.39, 0.29) is 5.60 Å². The van der Waals surface area contributed by atoms with Gasteiger partial charge in [-0.2, -0.15) is 0 Å². The number of carbonyl (C=O) groups excluding carboxylic acids is 1. The molecular formula is C15H20O3. The van der Waals surface area contributed by atoms with Crippen LogP contribution in [0.1, 0.15) is 34.1 Å². The maximum atomic E-state index is 11.3. The van der Waals surface area contributed by atoms with Gasteiger partial charge in [-0.25, -0.2) is 4.79 Å². The van der Waals surface area contributed by atoms with Crippen molar-refractivity contribution in [1.82, 2.24) is 0 Å². The lowest BCUT2D eigenvalue weighted by molar-refractivity contribution is -0.130. The van der Waals surface area contributed by atoms with Crippen molar-refractivity contribution in [2.24, 2.45) is 0 Å². The minimum absolute atomic E-state index is 0.199. The minimum Gasteiger partial charge on any atom is -0.488 e. The van der Waals surface area contributed by atoms with E-state index in [1.807, 2.05) is 13.8 Å². The van der Waals surface area contributed by atoms with Crippen molar-refractivity contribution < 1.29 is 14.3 Å². The van der Waals surface area contributed by atoms with Gasteiger partial charge in [0.1, 0.15) is 17.1 Å². The summed E-state index contributed by atoms with van der Waals surface area (Å²) in [7, 11) is 0. The Kier molecular flexibility index (Phi) is 4.54. The zero-order valence-corrected chi connectivity index (χ0v) is 11.4. The zero-order chi connectivity index (χ0) is 13.8. The van der Waals surface area contributed by atoms with E-state index in [2.05, 4.69) is 13.5 Å². The van der Waals surface area contributed by atoms with Crippen molar-refractivity contribution in [3.05, 3.63) is 36.4 Å². The smallest absolute Gasteiger partial charge is 0.338 e. The molecular weight excluding hydrogens is 228 g/mol. The van der Waals surface area contributed by atoms with Gasteiger partial charge >= 0.3 is 5.97 Å².